The second-order valence-electron chi connectivity index (χ2n) is 5.50. The normalized spacial score (nSPS) is 22.2. The lowest BCUT2D eigenvalue weighted by Crippen LogP contribution is -2.34. The van der Waals surface area contributed by atoms with E-state index in [1.54, 1.807) is 6.33 Å². The van der Waals surface area contributed by atoms with Gasteiger partial charge in [0.05, 0.1) is 24.9 Å². The van der Waals surface area contributed by atoms with Crippen LogP contribution in [0.3, 0.4) is 0 Å². The molecule has 0 bridgehead atoms. The number of aliphatic hydroxyl groups excluding tert-OH is 1. The number of rotatable bonds is 4. The number of anilines is 1. The quantitative estimate of drug-likeness (QED) is 0.885. The fraction of sp³-hybridized carbons (Fsp3) is 0.571. The van der Waals surface area contributed by atoms with Crippen LogP contribution >= 0.6 is 0 Å². The third-order valence-electron chi connectivity index (χ3n) is 3.93. The molecule has 1 aliphatic carbocycles. The minimum Gasteiger partial charge on any atom is -0.390 e. The third kappa shape index (κ3) is 3.18. The van der Waals surface area contributed by atoms with Gasteiger partial charge in [-0.05, 0) is 19.8 Å². The summed E-state index contributed by atoms with van der Waals surface area (Å²) in [6.07, 6.45) is 7.91. The molecular formula is C14H20N6O. The summed E-state index contributed by atoms with van der Waals surface area (Å²) in [6.45, 7) is 1.88. The Morgan fingerprint density at radius 3 is 2.95 bits per heavy atom. The molecule has 0 aliphatic heterocycles. The van der Waals surface area contributed by atoms with Gasteiger partial charge in [-0.15, -0.1) is 5.10 Å². The van der Waals surface area contributed by atoms with Gasteiger partial charge in [-0.25, -0.2) is 14.6 Å². The van der Waals surface area contributed by atoms with E-state index in [0.29, 0.717) is 5.69 Å². The Balaban J connectivity index is 1.78. The highest BCUT2D eigenvalue weighted by Gasteiger charge is 2.27. The second-order valence-corrected chi connectivity index (χ2v) is 5.50. The molecule has 2 N–H and O–H groups in total. The van der Waals surface area contributed by atoms with E-state index in [4.69, 9.17) is 5.11 Å². The largest absolute Gasteiger partial charge is 0.390 e. The van der Waals surface area contributed by atoms with Gasteiger partial charge in [0.15, 0.2) is 0 Å². The Hall–Kier alpha value is -2.02. The Labute approximate surface area is 123 Å². The molecule has 1 aliphatic rings. The molecule has 1 fully saturated rings. The van der Waals surface area contributed by atoms with Gasteiger partial charge in [0.2, 0.25) is 0 Å². The smallest absolute Gasteiger partial charge is 0.129 e. The molecule has 2 aromatic heterocycles. The monoisotopic (exact) mass is 288 g/mol. The van der Waals surface area contributed by atoms with Crippen LogP contribution in [-0.2, 0) is 6.61 Å². The Bertz CT molecular complexity index is 599. The van der Waals surface area contributed by atoms with E-state index in [-0.39, 0.29) is 18.7 Å². The van der Waals surface area contributed by atoms with Crippen LogP contribution in [-0.4, -0.2) is 36.1 Å². The van der Waals surface area contributed by atoms with Crippen molar-refractivity contribution in [2.24, 2.45) is 0 Å². The summed E-state index contributed by atoms with van der Waals surface area (Å²) in [7, 11) is 0. The molecule has 3 rings (SSSR count). The van der Waals surface area contributed by atoms with E-state index in [0.717, 1.165) is 24.4 Å². The molecule has 21 heavy (non-hydrogen) atoms. The van der Waals surface area contributed by atoms with Crippen LogP contribution in [0.4, 0.5) is 5.82 Å². The van der Waals surface area contributed by atoms with Crippen LogP contribution in [0.25, 0.3) is 0 Å². The number of aliphatic hydroxyl groups is 1. The maximum Gasteiger partial charge on any atom is 0.129 e. The van der Waals surface area contributed by atoms with Gasteiger partial charge in [0.25, 0.3) is 0 Å². The number of aryl methyl sites for hydroxylation is 1. The topological polar surface area (TPSA) is 88.8 Å². The van der Waals surface area contributed by atoms with Gasteiger partial charge >= 0.3 is 0 Å². The molecule has 7 heteroatoms. The number of nitrogens with one attached hydrogen (secondary N) is 1. The number of nitrogens with zero attached hydrogens (tertiary/aromatic N) is 5. The summed E-state index contributed by atoms with van der Waals surface area (Å²) >= 11 is 0. The van der Waals surface area contributed by atoms with Gasteiger partial charge in [0.1, 0.15) is 17.8 Å². The highest BCUT2D eigenvalue weighted by Crippen LogP contribution is 2.30. The molecule has 2 atom stereocenters. The zero-order valence-electron chi connectivity index (χ0n) is 12.1. The van der Waals surface area contributed by atoms with Gasteiger partial charge < -0.3 is 10.4 Å². The van der Waals surface area contributed by atoms with Crippen molar-refractivity contribution in [1.82, 2.24) is 25.0 Å². The lowest BCUT2D eigenvalue weighted by molar-refractivity contribution is 0.276. The minimum atomic E-state index is -0.0735. The van der Waals surface area contributed by atoms with Gasteiger partial charge in [-0.2, -0.15) is 0 Å². The van der Waals surface area contributed by atoms with Crippen LogP contribution in [0.5, 0.6) is 0 Å². The van der Waals surface area contributed by atoms with Gasteiger partial charge in [-0.1, -0.05) is 18.1 Å². The SMILES string of the molecule is Cc1cc(N[C@H]2CCCC[C@H]2n2cc(CO)nn2)ncn1. The molecule has 0 spiro atoms. The summed E-state index contributed by atoms with van der Waals surface area (Å²) in [4.78, 5) is 8.39. The second kappa shape index (κ2) is 6.17. The lowest BCUT2D eigenvalue weighted by Gasteiger charge is -2.32. The molecular weight excluding hydrogens is 268 g/mol. The first kappa shape index (κ1) is 13.9. The van der Waals surface area contributed by atoms with Crippen molar-refractivity contribution in [2.75, 3.05) is 5.32 Å². The molecule has 112 valence electrons. The predicted molar refractivity (Wildman–Crippen MR) is 77.6 cm³/mol. The summed E-state index contributed by atoms with van der Waals surface area (Å²) < 4.78 is 1.87. The van der Waals surface area contributed by atoms with E-state index < -0.39 is 0 Å². The molecule has 0 amide bonds. The van der Waals surface area contributed by atoms with Crippen molar-refractivity contribution in [3.05, 3.63) is 30.0 Å². The molecule has 0 aromatic carbocycles. The average molecular weight is 288 g/mol. The zero-order valence-corrected chi connectivity index (χ0v) is 12.1. The summed E-state index contributed by atoms with van der Waals surface area (Å²) in [5.41, 5.74) is 1.56. The van der Waals surface area contributed by atoms with Crippen LogP contribution in [0, 0.1) is 6.92 Å². The van der Waals surface area contributed by atoms with E-state index in [9.17, 15) is 0 Å². The fourth-order valence-electron chi connectivity index (χ4n) is 2.87. The minimum absolute atomic E-state index is 0.0735. The van der Waals surface area contributed by atoms with Crippen molar-refractivity contribution in [1.29, 1.82) is 0 Å². The van der Waals surface area contributed by atoms with Crippen molar-refractivity contribution < 1.29 is 5.11 Å². The summed E-state index contributed by atoms with van der Waals surface area (Å²) in [6, 6.07) is 2.45. The number of hydrogen-bond acceptors (Lipinski definition) is 6. The Kier molecular flexibility index (Phi) is 4.10. The molecule has 0 saturated heterocycles. The highest BCUT2D eigenvalue weighted by atomic mass is 16.3. The van der Waals surface area contributed by atoms with Crippen LogP contribution in [0.15, 0.2) is 18.6 Å². The van der Waals surface area contributed by atoms with Crippen molar-refractivity contribution in [3.8, 4) is 0 Å². The first-order valence-electron chi connectivity index (χ1n) is 7.33. The van der Waals surface area contributed by atoms with Crippen molar-refractivity contribution >= 4 is 5.82 Å². The maximum atomic E-state index is 9.13. The predicted octanol–water partition coefficient (Wildman–Crippen LogP) is 1.46. The maximum absolute atomic E-state index is 9.13. The van der Waals surface area contributed by atoms with Crippen LogP contribution < -0.4 is 5.32 Å². The molecule has 2 aromatic rings. The van der Waals surface area contributed by atoms with Crippen LogP contribution in [0.1, 0.15) is 43.1 Å². The highest BCUT2D eigenvalue weighted by molar-refractivity contribution is 5.36. The first-order valence-corrected chi connectivity index (χ1v) is 7.33. The molecule has 7 nitrogen and oxygen atoms in total. The van der Waals surface area contributed by atoms with Gasteiger partial charge in [-0.3, -0.25) is 0 Å². The van der Waals surface area contributed by atoms with Gasteiger partial charge in [0, 0.05) is 11.8 Å². The Morgan fingerprint density at radius 1 is 1.33 bits per heavy atom. The average Bonchev–Trinajstić information content (AvgIpc) is 2.97. The van der Waals surface area contributed by atoms with E-state index in [1.165, 1.54) is 12.8 Å². The number of aromatic nitrogens is 5. The standard InChI is InChI=1S/C14H20N6O/c1-10-6-14(16-9-15-10)17-12-4-2-3-5-13(12)20-7-11(8-21)18-19-20/h6-7,9,12-13,21H,2-5,8H2,1H3,(H,15,16,17)/t12-,13+/m0/s1. The fourth-order valence-corrected chi connectivity index (χ4v) is 2.87. The first-order chi connectivity index (χ1) is 10.3. The molecule has 0 radical (unpaired) electrons. The third-order valence-corrected chi connectivity index (χ3v) is 3.93. The summed E-state index contributed by atoms with van der Waals surface area (Å²) in [5.74, 6) is 0.849. The molecule has 1 saturated carbocycles. The zero-order chi connectivity index (χ0) is 14.7. The van der Waals surface area contributed by atoms with Crippen molar-refractivity contribution in [3.63, 3.8) is 0 Å². The van der Waals surface area contributed by atoms with E-state index in [2.05, 4.69) is 25.6 Å². The van der Waals surface area contributed by atoms with Crippen molar-refractivity contribution in [2.45, 2.75) is 51.3 Å². The van der Waals surface area contributed by atoms with E-state index >= 15 is 0 Å². The Morgan fingerprint density at radius 2 is 2.19 bits per heavy atom. The lowest BCUT2D eigenvalue weighted by atomic mass is 9.90. The van der Waals surface area contributed by atoms with E-state index in [1.807, 2.05) is 23.9 Å². The number of hydrogen-bond donors (Lipinski definition) is 2. The molecule has 0 unspecified atom stereocenters. The summed E-state index contributed by atoms with van der Waals surface area (Å²) in [5, 5.41) is 20.8. The van der Waals surface area contributed by atoms with Crippen LogP contribution in [0.2, 0.25) is 0 Å². The molecule has 2 heterocycles.